The second kappa shape index (κ2) is 3.82. The van der Waals surface area contributed by atoms with Crippen molar-refractivity contribution in [3.63, 3.8) is 0 Å². The van der Waals surface area contributed by atoms with Gasteiger partial charge in [-0.05, 0) is 0 Å². The normalized spacial score (nSPS) is 14.3. The van der Waals surface area contributed by atoms with Crippen molar-refractivity contribution in [2.75, 3.05) is 0 Å². The Morgan fingerprint density at radius 1 is 0.556 bits per heavy atom. The zero-order chi connectivity index (χ0) is 13.8. The van der Waals surface area contributed by atoms with Gasteiger partial charge in [0.25, 0.3) is 6.08 Å². The highest BCUT2D eigenvalue weighted by atomic mass is 19.3. The molecule has 0 saturated heterocycles. The monoisotopic (exact) mass is 272 g/mol. The molecule has 2 rings (SSSR count). The number of rotatable bonds is 0. The van der Waals surface area contributed by atoms with Crippen LogP contribution in [0.25, 0.3) is 11.4 Å². The standard InChI is InChI=1S/C10F8/c11-4-1-2(6(13)9(16)8(4)15)5(12)7(14)3(1)10(17)18. The van der Waals surface area contributed by atoms with Crippen molar-refractivity contribution in [2.24, 2.45) is 0 Å². The lowest BCUT2D eigenvalue weighted by Crippen LogP contribution is -2.04. The first-order chi connectivity index (χ1) is 8.29. The Kier molecular flexibility index (Phi) is 2.67. The van der Waals surface area contributed by atoms with E-state index in [-0.39, 0.29) is 0 Å². The van der Waals surface area contributed by atoms with Crippen molar-refractivity contribution in [1.82, 2.24) is 0 Å². The summed E-state index contributed by atoms with van der Waals surface area (Å²) >= 11 is 0. The molecule has 18 heavy (non-hydrogen) atoms. The van der Waals surface area contributed by atoms with E-state index in [4.69, 9.17) is 0 Å². The molecule has 1 aromatic carbocycles. The van der Waals surface area contributed by atoms with Crippen LogP contribution in [-0.4, -0.2) is 0 Å². The number of hydrogen-bond donors (Lipinski definition) is 0. The zero-order valence-electron chi connectivity index (χ0n) is 8.02. The highest BCUT2D eigenvalue weighted by Crippen LogP contribution is 2.48. The number of hydrogen-bond acceptors (Lipinski definition) is 0. The molecule has 0 nitrogen and oxygen atoms in total. The van der Waals surface area contributed by atoms with Crippen LogP contribution in [0.3, 0.4) is 0 Å². The van der Waals surface area contributed by atoms with E-state index < -0.39 is 57.7 Å². The highest BCUT2D eigenvalue weighted by molar-refractivity contribution is 5.96. The van der Waals surface area contributed by atoms with E-state index in [0.29, 0.717) is 0 Å². The van der Waals surface area contributed by atoms with Gasteiger partial charge < -0.3 is 0 Å². The molecule has 0 N–H and O–H groups in total. The van der Waals surface area contributed by atoms with Crippen LogP contribution in [0.2, 0.25) is 0 Å². The highest BCUT2D eigenvalue weighted by Gasteiger charge is 2.40. The summed E-state index contributed by atoms with van der Waals surface area (Å²) in [6, 6.07) is 0. The first kappa shape index (κ1) is 12.6. The minimum atomic E-state index is -2.88. The summed E-state index contributed by atoms with van der Waals surface area (Å²) in [5.74, 6) is -13.9. The third kappa shape index (κ3) is 1.37. The van der Waals surface area contributed by atoms with Crippen molar-refractivity contribution in [2.45, 2.75) is 0 Å². The first-order valence-corrected chi connectivity index (χ1v) is 4.26. The van der Waals surface area contributed by atoms with Crippen LogP contribution >= 0.6 is 0 Å². The fourth-order valence-electron chi connectivity index (χ4n) is 1.58. The summed E-state index contributed by atoms with van der Waals surface area (Å²) in [6.45, 7) is 0. The molecule has 96 valence electrons. The molecule has 0 bridgehead atoms. The average molecular weight is 272 g/mol. The zero-order valence-corrected chi connectivity index (χ0v) is 8.02. The quantitative estimate of drug-likeness (QED) is 0.371. The van der Waals surface area contributed by atoms with E-state index in [1.165, 1.54) is 0 Å². The fraction of sp³-hybridized carbons (Fsp3) is 0. The van der Waals surface area contributed by atoms with E-state index in [0.717, 1.165) is 0 Å². The van der Waals surface area contributed by atoms with Gasteiger partial charge in [0.15, 0.2) is 34.9 Å². The Hall–Kier alpha value is -1.86. The molecule has 1 aromatic rings. The molecule has 1 aliphatic rings. The molecule has 0 radical (unpaired) electrons. The lowest BCUT2D eigenvalue weighted by molar-refractivity contribution is 0.403. The number of allylic oxidation sites excluding steroid dienone is 2. The SMILES string of the molecule is FC(F)=C1C(F)=C(F)c2c(F)c(F)c(F)c(F)c21. The molecule has 0 unspecified atom stereocenters. The van der Waals surface area contributed by atoms with Gasteiger partial charge in [-0.2, -0.15) is 8.78 Å². The average Bonchev–Trinajstić information content (AvgIpc) is 2.57. The molecule has 0 spiro atoms. The maximum Gasteiger partial charge on any atom is 0.281 e. The van der Waals surface area contributed by atoms with Crippen molar-refractivity contribution in [1.29, 1.82) is 0 Å². The lowest BCUT2D eigenvalue weighted by atomic mass is 10.0. The summed E-state index contributed by atoms with van der Waals surface area (Å²) in [4.78, 5) is 0. The van der Waals surface area contributed by atoms with Gasteiger partial charge in [-0.25, -0.2) is 26.3 Å². The van der Waals surface area contributed by atoms with Gasteiger partial charge in [0.05, 0.1) is 11.1 Å². The molecular formula is C10F8. The van der Waals surface area contributed by atoms with Gasteiger partial charge in [-0.1, -0.05) is 0 Å². The van der Waals surface area contributed by atoms with Crippen LogP contribution in [0.15, 0.2) is 11.9 Å². The molecular weight excluding hydrogens is 272 g/mol. The maximum atomic E-state index is 13.2. The topological polar surface area (TPSA) is 0 Å². The number of fused-ring (bicyclic) bond motifs is 1. The van der Waals surface area contributed by atoms with Crippen LogP contribution in [0, 0.1) is 23.3 Å². The molecule has 0 heterocycles. The molecule has 0 saturated carbocycles. The minimum absolute atomic E-state index is 1.67. The van der Waals surface area contributed by atoms with Gasteiger partial charge in [0, 0.05) is 5.56 Å². The molecule has 0 fully saturated rings. The van der Waals surface area contributed by atoms with Crippen molar-refractivity contribution in [3.8, 4) is 0 Å². The van der Waals surface area contributed by atoms with Crippen LogP contribution in [0.1, 0.15) is 11.1 Å². The summed E-state index contributed by atoms with van der Waals surface area (Å²) in [6.07, 6.45) is -2.88. The Bertz CT molecular complexity index is 622. The van der Waals surface area contributed by atoms with E-state index >= 15 is 0 Å². The third-order valence-electron chi connectivity index (χ3n) is 2.34. The van der Waals surface area contributed by atoms with Crippen LogP contribution < -0.4 is 0 Å². The number of benzene rings is 1. The molecule has 0 aliphatic heterocycles. The molecule has 8 heteroatoms. The second-order valence-electron chi connectivity index (χ2n) is 3.27. The van der Waals surface area contributed by atoms with E-state index in [9.17, 15) is 35.1 Å². The summed E-state index contributed by atoms with van der Waals surface area (Å²) in [7, 11) is 0. The number of halogens is 8. The predicted molar refractivity (Wildman–Crippen MR) is 44.5 cm³/mol. The summed E-state index contributed by atoms with van der Waals surface area (Å²) < 4.78 is 103. The Morgan fingerprint density at radius 3 is 1.44 bits per heavy atom. The van der Waals surface area contributed by atoms with E-state index in [2.05, 4.69) is 0 Å². The smallest absolute Gasteiger partial charge is 0.203 e. The Labute approximate surface area is 93.8 Å². The van der Waals surface area contributed by atoms with Gasteiger partial charge in [-0.3, -0.25) is 0 Å². The lowest BCUT2D eigenvalue weighted by Gasteiger charge is -2.06. The van der Waals surface area contributed by atoms with Crippen LogP contribution in [-0.2, 0) is 0 Å². The fourth-order valence-corrected chi connectivity index (χ4v) is 1.58. The van der Waals surface area contributed by atoms with Crippen molar-refractivity contribution < 1.29 is 35.1 Å². The third-order valence-corrected chi connectivity index (χ3v) is 2.34. The Balaban J connectivity index is 3.00. The van der Waals surface area contributed by atoms with Gasteiger partial charge in [0.2, 0.25) is 0 Å². The summed E-state index contributed by atoms with van der Waals surface area (Å²) in [5, 5.41) is 0. The van der Waals surface area contributed by atoms with Crippen LogP contribution in [0.4, 0.5) is 35.1 Å². The van der Waals surface area contributed by atoms with Gasteiger partial charge >= 0.3 is 0 Å². The van der Waals surface area contributed by atoms with E-state index in [1.54, 1.807) is 0 Å². The second-order valence-corrected chi connectivity index (χ2v) is 3.27. The maximum absolute atomic E-state index is 13.2. The Morgan fingerprint density at radius 2 is 1.00 bits per heavy atom. The molecule has 0 aromatic heterocycles. The van der Waals surface area contributed by atoms with E-state index in [1.807, 2.05) is 0 Å². The molecule has 1 aliphatic carbocycles. The molecule has 0 amide bonds. The van der Waals surface area contributed by atoms with Gasteiger partial charge in [-0.15, -0.1) is 0 Å². The van der Waals surface area contributed by atoms with Crippen molar-refractivity contribution >= 4 is 11.4 Å². The van der Waals surface area contributed by atoms with Crippen molar-refractivity contribution in [3.05, 3.63) is 46.3 Å². The predicted octanol–water partition coefficient (Wildman–Crippen LogP) is 4.47. The first-order valence-electron chi connectivity index (χ1n) is 4.26. The summed E-state index contributed by atoms with van der Waals surface area (Å²) in [5.41, 5.74) is -5.27. The van der Waals surface area contributed by atoms with Crippen LogP contribution in [0.5, 0.6) is 0 Å². The largest absolute Gasteiger partial charge is 0.281 e. The molecule has 0 atom stereocenters. The minimum Gasteiger partial charge on any atom is -0.203 e. The van der Waals surface area contributed by atoms with Gasteiger partial charge in [0.1, 0.15) is 0 Å².